The molecule has 0 aliphatic carbocycles. The number of benzene rings is 2. The molecular weight excluding hydrogens is 358 g/mol. The summed E-state index contributed by atoms with van der Waals surface area (Å²) in [7, 11) is 1.36. The van der Waals surface area contributed by atoms with E-state index in [9.17, 15) is 4.79 Å². The highest BCUT2D eigenvalue weighted by molar-refractivity contribution is 9.10. The van der Waals surface area contributed by atoms with Gasteiger partial charge in [-0.25, -0.2) is 4.79 Å². The zero-order valence-corrected chi connectivity index (χ0v) is 14.2. The second kappa shape index (κ2) is 6.87. The number of halogens is 1. The zero-order valence-electron chi connectivity index (χ0n) is 12.6. The summed E-state index contributed by atoms with van der Waals surface area (Å²) in [5.41, 5.74) is 2.99. The smallest absolute Gasteiger partial charge is 0.330 e. The van der Waals surface area contributed by atoms with Crippen molar-refractivity contribution in [3.05, 3.63) is 64.1 Å². The highest BCUT2D eigenvalue weighted by Gasteiger charge is 2.20. The van der Waals surface area contributed by atoms with E-state index in [1.807, 2.05) is 30.3 Å². The number of ether oxygens (including phenoxy) is 2. The lowest BCUT2D eigenvalue weighted by Gasteiger charge is -2.28. The summed E-state index contributed by atoms with van der Waals surface area (Å²) in [5, 5.41) is 3.48. The Morgan fingerprint density at radius 2 is 2.22 bits per heavy atom. The van der Waals surface area contributed by atoms with Gasteiger partial charge < -0.3 is 14.8 Å². The van der Waals surface area contributed by atoms with E-state index < -0.39 is 0 Å². The first kappa shape index (κ1) is 15.6. The van der Waals surface area contributed by atoms with Crippen molar-refractivity contribution in [3.63, 3.8) is 0 Å². The van der Waals surface area contributed by atoms with E-state index >= 15 is 0 Å². The van der Waals surface area contributed by atoms with Gasteiger partial charge in [0.1, 0.15) is 12.4 Å². The lowest BCUT2D eigenvalue weighted by Crippen LogP contribution is -2.23. The molecule has 0 bridgehead atoms. The van der Waals surface area contributed by atoms with Crippen LogP contribution in [0, 0.1) is 0 Å². The van der Waals surface area contributed by atoms with Gasteiger partial charge in [0.2, 0.25) is 0 Å². The third-order valence-corrected chi connectivity index (χ3v) is 4.10. The van der Waals surface area contributed by atoms with Gasteiger partial charge in [0.25, 0.3) is 0 Å². The molecule has 118 valence electrons. The Kier molecular flexibility index (Phi) is 4.67. The Labute approximate surface area is 143 Å². The fourth-order valence-electron chi connectivity index (χ4n) is 2.42. The number of hydrogen-bond acceptors (Lipinski definition) is 4. The Bertz CT molecular complexity index is 758. The van der Waals surface area contributed by atoms with E-state index in [4.69, 9.17) is 4.74 Å². The number of carbonyl (C=O) groups is 1. The fraction of sp³-hybridized carbons (Fsp3) is 0.167. The molecule has 0 amide bonds. The van der Waals surface area contributed by atoms with Gasteiger partial charge in [0.15, 0.2) is 0 Å². The molecule has 1 N–H and O–H groups in total. The molecule has 1 unspecified atom stereocenters. The maximum Gasteiger partial charge on any atom is 0.330 e. The molecular formula is C18H16BrNO3. The molecule has 3 rings (SSSR count). The predicted molar refractivity (Wildman–Crippen MR) is 93.5 cm³/mol. The van der Waals surface area contributed by atoms with Gasteiger partial charge in [-0.05, 0) is 41.5 Å². The summed E-state index contributed by atoms with van der Waals surface area (Å²) in [5.74, 6) is 0.403. The van der Waals surface area contributed by atoms with Crippen molar-refractivity contribution in [2.24, 2.45) is 0 Å². The number of anilines is 1. The Balaban J connectivity index is 1.77. The summed E-state index contributed by atoms with van der Waals surface area (Å²) in [6.07, 6.45) is 3.10. The van der Waals surface area contributed by atoms with Crippen molar-refractivity contribution >= 4 is 33.7 Å². The minimum absolute atomic E-state index is 0.108. The molecule has 2 aromatic rings. The number of fused-ring (bicyclic) bond motifs is 1. The largest absolute Gasteiger partial charge is 0.489 e. The van der Waals surface area contributed by atoms with Crippen molar-refractivity contribution < 1.29 is 14.3 Å². The average molecular weight is 374 g/mol. The van der Waals surface area contributed by atoms with Crippen LogP contribution in [0.15, 0.2) is 53.0 Å². The van der Waals surface area contributed by atoms with Crippen molar-refractivity contribution in [2.75, 3.05) is 19.0 Å². The molecule has 4 nitrogen and oxygen atoms in total. The minimum Gasteiger partial charge on any atom is -0.489 e. The highest BCUT2D eigenvalue weighted by atomic mass is 79.9. The van der Waals surface area contributed by atoms with Crippen molar-refractivity contribution in [1.82, 2.24) is 0 Å². The van der Waals surface area contributed by atoms with E-state index in [2.05, 4.69) is 38.1 Å². The molecule has 2 aromatic carbocycles. The molecule has 0 saturated heterocycles. The highest BCUT2D eigenvalue weighted by Crippen LogP contribution is 2.35. The second-order valence-corrected chi connectivity index (χ2v) is 6.09. The number of esters is 1. The van der Waals surface area contributed by atoms with Crippen LogP contribution in [-0.4, -0.2) is 19.7 Å². The van der Waals surface area contributed by atoms with Gasteiger partial charge in [-0.2, -0.15) is 0 Å². The number of carbonyl (C=O) groups excluding carboxylic acids is 1. The van der Waals surface area contributed by atoms with Crippen molar-refractivity contribution in [2.45, 2.75) is 6.04 Å². The molecule has 0 saturated carbocycles. The van der Waals surface area contributed by atoms with Crippen LogP contribution in [0.1, 0.15) is 17.2 Å². The Morgan fingerprint density at radius 3 is 3.00 bits per heavy atom. The first-order valence-corrected chi connectivity index (χ1v) is 8.00. The third-order valence-electron chi connectivity index (χ3n) is 3.60. The standard InChI is InChI=1S/C18H16BrNO3/c1-22-18(21)8-6-12-5-7-15-17(9-12)23-11-16(20-15)13-3-2-4-14(19)10-13/h2-10,16,20H,11H2,1H3/b8-6+. The van der Waals surface area contributed by atoms with Crippen LogP contribution in [0.4, 0.5) is 5.69 Å². The summed E-state index contributed by atoms with van der Waals surface area (Å²) in [4.78, 5) is 11.1. The van der Waals surface area contributed by atoms with Crippen molar-refractivity contribution in [3.8, 4) is 5.75 Å². The molecule has 1 heterocycles. The van der Waals surface area contributed by atoms with Crippen LogP contribution >= 0.6 is 15.9 Å². The molecule has 0 fully saturated rings. The molecule has 0 radical (unpaired) electrons. The predicted octanol–water partition coefficient (Wildman–Crippen LogP) is 4.18. The van der Waals surface area contributed by atoms with E-state index in [-0.39, 0.29) is 12.0 Å². The van der Waals surface area contributed by atoms with Gasteiger partial charge >= 0.3 is 5.97 Å². The summed E-state index contributed by atoms with van der Waals surface area (Å²) in [6.45, 7) is 0.549. The molecule has 0 spiro atoms. The summed E-state index contributed by atoms with van der Waals surface area (Å²) >= 11 is 3.49. The topological polar surface area (TPSA) is 47.6 Å². The molecule has 23 heavy (non-hydrogen) atoms. The van der Waals surface area contributed by atoms with Crippen LogP contribution in [0.2, 0.25) is 0 Å². The molecule has 1 atom stereocenters. The van der Waals surface area contributed by atoms with Gasteiger partial charge in [-0.15, -0.1) is 0 Å². The Hall–Kier alpha value is -2.27. The number of methoxy groups -OCH3 is 1. The van der Waals surface area contributed by atoms with Crippen LogP contribution in [0.5, 0.6) is 5.75 Å². The molecule has 0 aromatic heterocycles. The maximum atomic E-state index is 11.1. The van der Waals surface area contributed by atoms with Crippen LogP contribution in [0.25, 0.3) is 6.08 Å². The average Bonchev–Trinajstić information content (AvgIpc) is 2.59. The van der Waals surface area contributed by atoms with Crippen molar-refractivity contribution in [1.29, 1.82) is 0 Å². The number of hydrogen-bond donors (Lipinski definition) is 1. The third kappa shape index (κ3) is 3.74. The second-order valence-electron chi connectivity index (χ2n) is 5.18. The SMILES string of the molecule is COC(=O)/C=C/c1ccc2c(c1)OCC(c1cccc(Br)c1)N2. The van der Waals surface area contributed by atoms with Crippen LogP contribution in [-0.2, 0) is 9.53 Å². The summed E-state index contributed by atoms with van der Waals surface area (Å²) < 4.78 is 11.5. The monoisotopic (exact) mass is 373 g/mol. The number of nitrogens with one attached hydrogen (secondary N) is 1. The molecule has 1 aliphatic rings. The molecule has 5 heteroatoms. The quantitative estimate of drug-likeness (QED) is 0.647. The van der Waals surface area contributed by atoms with Gasteiger partial charge in [-0.1, -0.05) is 34.1 Å². The lowest BCUT2D eigenvalue weighted by molar-refractivity contribution is -0.134. The minimum atomic E-state index is -0.378. The fourth-order valence-corrected chi connectivity index (χ4v) is 2.84. The summed E-state index contributed by atoms with van der Waals surface area (Å²) in [6, 6.07) is 14.1. The normalized spacial score (nSPS) is 16.3. The zero-order chi connectivity index (χ0) is 16.2. The lowest BCUT2D eigenvalue weighted by atomic mass is 10.0. The number of rotatable bonds is 3. The van der Waals surface area contributed by atoms with Gasteiger partial charge in [0, 0.05) is 10.5 Å². The van der Waals surface area contributed by atoms with E-state index in [0.29, 0.717) is 6.61 Å². The van der Waals surface area contributed by atoms with E-state index in [1.54, 1.807) is 6.08 Å². The molecule has 1 aliphatic heterocycles. The van der Waals surface area contributed by atoms with Gasteiger partial charge in [0.05, 0.1) is 18.8 Å². The first-order valence-electron chi connectivity index (χ1n) is 7.20. The van der Waals surface area contributed by atoms with Crippen LogP contribution < -0.4 is 10.1 Å². The van der Waals surface area contributed by atoms with E-state index in [0.717, 1.165) is 21.5 Å². The first-order chi connectivity index (χ1) is 11.2. The Morgan fingerprint density at radius 1 is 1.35 bits per heavy atom. The van der Waals surface area contributed by atoms with Gasteiger partial charge in [-0.3, -0.25) is 0 Å². The van der Waals surface area contributed by atoms with E-state index in [1.165, 1.54) is 18.7 Å². The van der Waals surface area contributed by atoms with Crippen LogP contribution in [0.3, 0.4) is 0 Å². The maximum absolute atomic E-state index is 11.1.